The predicted octanol–water partition coefficient (Wildman–Crippen LogP) is 1.50. The van der Waals surface area contributed by atoms with Crippen LogP contribution in [-0.4, -0.2) is 11.6 Å². The van der Waals surface area contributed by atoms with Crippen LogP contribution in [0, 0.1) is 12.3 Å². The molecule has 0 aliphatic carbocycles. The second kappa shape index (κ2) is 2.96. The molecule has 11 heavy (non-hydrogen) atoms. The monoisotopic (exact) mass is 152 g/mol. The van der Waals surface area contributed by atoms with Crippen LogP contribution in [0.4, 0.5) is 0 Å². The molecule has 2 nitrogen and oxygen atoms in total. The molecule has 0 aromatic heterocycles. The molecule has 1 aliphatic heterocycles. The van der Waals surface area contributed by atoms with E-state index in [9.17, 15) is 4.79 Å². The average molecular weight is 152 g/mol. The molecule has 0 spiro atoms. The van der Waals surface area contributed by atoms with E-state index >= 15 is 0 Å². The van der Waals surface area contributed by atoms with Gasteiger partial charge >= 0.3 is 5.97 Å². The number of carbonyl (C=O) groups is 1. The SMILES string of the molecule is C#CCCC1(C)CCC(=O)O1. The third kappa shape index (κ3) is 1.98. The van der Waals surface area contributed by atoms with E-state index in [4.69, 9.17) is 11.2 Å². The topological polar surface area (TPSA) is 26.3 Å². The molecule has 1 saturated heterocycles. The van der Waals surface area contributed by atoms with Crippen LogP contribution in [0.15, 0.2) is 0 Å². The van der Waals surface area contributed by atoms with E-state index < -0.39 is 0 Å². The van der Waals surface area contributed by atoms with Gasteiger partial charge in [-0.1, -0.05) is 0 Å². The molecule has 1 aliphatic rings. The zero-order valence-electron chi connectivity index (χ0n) is 6.72. The first-order valence-electron chi connectivity index (χ1n) is 3.82. The van der Waals surface area contributed by atoms with Crippen molar-refractivity contribution in [1.29, 1.82) is 0 Å². The van der Waals surface area contributed by atoms with Gasteiger partial charge in [0, 0.05) is 12.8 Å². The molecule has 0 aromatic carbocycles. The van der Waals surface area contributed by atoms with Crippen molar-refractivity contribution in [3.05, 3.63) is 0 Å². The van der Waals surface area contributed by atoms with E-state index in [0.717, 1.165) is 12.8 Å². The molecule has 1 fully saturated rings. The summed E-state index contributed by atoms with van der Waals surface area (Å²) in [4.78, 5) is 10.7. The lowest BCUT2D eigenvalue weighted by molar-refractivity contribution is -0.147. The summed E-state index contributed by atoms with van der Waals surface area (Å²) in [7, 11) is 0. The lowest BCUT2D eigenvalue weighted by Crippen LogP contribution is -2.23. The lowest BCUT2D eigenvalue weighted by atomic mass is 9.97. The van der Waals surface area contributed by atoms with E-state index in [2.05, 4.69) is 5.92 Å². The van der Waals surface area contributed by atoms with Crippen LogP contribution in [0.25, 0.3) is 0 Å². The predicted molar refractivity (Wildman–Crippen MR) is 41.8 cm³/mol. The van der Waals surface area contributed by atoms with Crippen LogP contribution in [0.5, 0.6) is 0 Å². The molecule has 1 heterocycles. The van der Waals surface area contributed by atoms with E-state index in [1.807, 2.05) is 6.92 Å². The van der Waals surface area contributed by atoms with E-state index in [1.165, 1.54) is 0 Å². The molecule has 0 bridgehead atoms. The van der Waals surface area contributed by atoms with Crippen molar-refractivity contribution < 1.29 is 9.53 Å². The molecule has 60 valence electrons. The third-order valence-corrected chi connectivity index (χ3v) is 2.02. The van der Waals surface area contributed by atoms with Gasteiger partial charge in [-0.05, 0) is 19.8 Å². The van der Waals surface area contributed by atoms with Gasteiger partial charge in [-0.25, -0.2) is 0 Å². The number of esters is 1. The number of hydrogen-bond acceptors (Lipinski definition) is 2. The first kappa shape index (κ1) is 8.13. The molecule has 0 N–H and O–H groups in total. The van der Waals surface area contributed by atoms with Gasteiger partial charge in [-0.2, -0.15) is 0 Å². The van der Waals surface area contributed by atoms with Crippen LogP contribution in [-0.2, 0) is 9.53 Å². The van der Waals surface area contributed by atoms with Crippen molar-refractivity contribution in [2.75, 3.05) is 0 Å². The van der Waals surface area contributed by atoms with Gasteiger partial charge in [0.25, 0.3) is 0 Å². The molecule has 0 amide bonds. The van der Waals surface area contributed by atoms with Gasteiger partial charge in [0.2, 0.25) is 0 Å². The smallest absolute Gasteiger partial charge is 0.306 e. The largest absolute Gasteiger partial charge is 0.459 e. The van der Waals surface area contributed by atoms with Crippen molar-refractivity contribution in [3.8, 4) is 12.3 Å². The van der Waals surface area contributed by atoms with Crippen LogP contribution in [0.1, 0.15) is 32.6 Å². The molecule has 1 rings (SSSR count). The fourth-order valence-electron chi connectivity index (χ4n) is 1.26. The molecule has 2 heteroatoms. The Kier molecular flexibility index (Phi) is 2.19. The number of rotatable bonds is 2. The number of hydrogen-bond donors (Lipinski definition) is 0. The average Bonchev–Trinajstić information content (AvgIpc) is 2.28. The molecule has 0 radical (unpaired) electrons. The Morgan fingerprint density at radius 1 is 1.82 bits per heavy atom. The van der Waals surface area contributed by atoms with Gasteiger partial charge in [-0.15, -0.1) is 12.3 Å². The van der Waals surface area contributed by atoms with Gasteiger partial charge in [0.15, 0.2) is 0 Å². The van der Waals surface area contributed by atoms with Crippen molar-refractivity contribution in [3.63, 3.8) is 0 Å². The fraction of sp³-hybridized carbons (Fsp3) is 0.667. The molecular weight excluding hydrogens is 140 g/mol. The highest BCUT2D eigenvalue weighted by atomic mass is 16.6. The summed E-state index contributed by atoms with van der Waals surface area (Å²) in [6.07, 6.45) is 7.94. The Labute approximate surface area is 66.9 Å². The summed E-state index contributed by atoms with van der Waals surface area (Å²) < 4.78 is 5.12. The summed E-state index contributed by atoms with van der Waals surface area (Å²) in [5.74, 6) is 2.45. The molecule has 0 saturated carbocycles. The van der Waals surface area contributed by atoms with Crippen molar-refractivity contribution >= 4 is 5.97 Å². The van der Waals surface area contributed by atoms with Crippen LogP contribution >= 0.6 is 0 Å². The Bertz CT molecular complexity index is 202. The summed E-state index contributed by atoms with van der Waals surface area (Å²) in [5.41, 5.74) is -0.274. The Morgan fingerprint density at radius 2 is 2.55 bits per heavy atom. The second-order valence-electron chi connectivity index (χ2n) is 3.13. The maximum Gasteiger partial charge on any atom is 0.306 e. The number of ether oxygens (including phenoxy) is 1. The van der Waals surface area contributed by atoms with Crippen LogP contribution in [0.2, 0.25) is 0 Å². The highest BCUT2D eigenvalue weighted by molar-refractivity contribution is 5.72. The standard InChI is InChI=1S/C9H12O2/c1-3-4-6-9(2)7-5-8(10)11-9/h1H,4-7H2,2H3. The van der Waals surface area contributed by atoms with Gasteiger partial charge in [0.1, 0.15) is 5.60 Å². The Morgan fingerprint density at radius 3 is 3.00 bits per heavy atom. The maximum absolute atomic E-state index is 10.7. The molecule has 1 unspecified atom stereocenters. The van der Waals surface area contributed by atoms with E-state index in [-0.39, 0.29) is 11.6 Å². The van der Waals surface area contributed by atoms with Crippen molar-refractivity contribution in [2.45, 2.75) is 38.2 Å². The molecule has 0 aromatic rings. The Balaban J connectivity index is 2.43. The lowest BCUT2D eigenvalue weighted by Gasteiger charge is -2.20. The zero-order valence-corrected chi connectivity index (χ0v) is 6.72. The van der Waals surface area contributed by atoms with Gasteiger partial charge in [0.05, 0.1) is 0 Å². The Hall–Kier alpha value is -0.970. The fourth-order valence-corrected chi connectivity index (χ4v) is 1.26. The summed E-state index contributed by atoms with van der Waals surface area (Å²) in [6.45, 7) is 1.94. The highest BCUT2D eigenvalue weighted by Crippen LogP contribution is 2.30. The number of cyclic esters (lactones) is 1. The minimum Gasteiger partial charge on any atom is -0.459 e. The quantitative estimate of drug-likeness (QED) is 0.442. The molecular formula is C9H12O2. The molecule has 1 atom stereocenters. The van der Waals surface area contributed by atoms with Crippen LogP contribution in [0.3, 0.4) is 0 Å². The minimum atomic E-state index is -0.274. The number of terminal acetylenes is 1. The highest BCUT2D eigenvalue weighted by Gasteiger charge is 2.34. The summed E-state index contributed by atoms with van der Waals surface area (Å²) in [6, 6.07) is 0. The maximum atomic E-state index is 10.7. The van der Waals surface area contributed by atoms with Crippen molar-refractivity contribution in [2.24, 2.45) is 0 Å². The normalized spacial score (nSPS) is 29.6. The number of carbonyl (C=O) groups excluding carboxylic acids is 1. The minimum absolute atomic E-state index is 0.0930. The first-order valence-corrected chi connectivity index (χ1v) is 3.82. The van der Waals surface area contributed by atoms with E-state index in [0.29, 0.717) is 12.8 Å². The van der Waals surface area contributed by atoms with E-state index in [1.54, 1.807) is 0 Å². The summed E-state index contributed by atoms with van der Waals surface area (Å²) >= 11 is 0. The first-order chi connectivity index (χ1) is 5.16. The van der Waals surface area contributed by atoms with Gasteiger partial charge < -0.3 is 4.74 Å². The summed E-state index contributed by atoms with van der Waals surface area (Å²) in [5, 5.41) is 0. The third-order valence-electron chi connectivity index (χ3n) is 2.02. The zero-order chi connectivity index (χ0) is 8.32. The second-order valence-corrected chi connectivity index (χ2v) is 3.13. The van der Waals surface area contributed by atoms with Crippen LogP contribution < -0.4 is 0 Å². The van der Waals surface area contributed by atoms with Gasteiger partial charge in [-0.3, -0.25) is 4.79 Å². The van der Waals surface area contributed by atoms with Crippen molar-refractivity contribution in [1.82, 2.24) is 0 Å².